The summed E-state index contributed by atoms with van der Waals surface area (Å²) in [5, 5.41) is -0.0854. The van der Waals surface area contributed by atoms with E-state index in [1.165, 1.54) is 16.8 Å². The Bertz CT molecular complexity index is 723. The standard InChI is InChI=1S/C16H24ClFN2O4Si/c1-15(2,3)25(4,5)24-12-11(18)13-20-7-6-10(21)19-14(20)22-9-16(12,8-17)23-13/h6-7,11-13H,8-9H2,1-5H3/t11-,12?,13+,16+/m0/s1. The Hall–Kier alpha value is -0.963. The number of rotatable bonds is 3. The van der Waals surface area contributed by atoms with E-state index in [9.17, 15) is 4.79 Å². The Kier molecular flexibility index (Phi) is 4.55. The summed E-state index contributed by atoms with van der Waals surface area (Å²) in [5.74, 6) is 0.0159. The van der Waals surface area contributed by atoms with Crippen LogP contribution in [-0.2, 0) is 9.16 Å². The molecule has 6 nitrogen and oxygen atoms in total. The molecule has 25 heavy (non-hydrogen) atoms. The van der Waals surface area contributed by atoms with Crippen LogP contribution >= 0.6 is 11.6 Å². The molecule has 1 fully saturated rings. The summed E-state index contributed by atoms with van der Waals surface area (Å²) in [6, 6.07) is 1.29. The third-order valence-corrected chi connectivity index (χ3v) is 10.3. The fourth-order valence-electron chi connectivity index (χ4n) is 2.84. The van der Waals surface area contributed by atoms with Gasteiger partial charge in [-0.2, -0.15) is 4.98 Å². The molecule has 0 amide bonds. The van der Waals surface area contributed by atoms with Gasteiger partial charge in [0, 0.05) is 12.3 Å². The molecule has 9 heteroatoms. The maximum absolute atomic E-state index is 15.4. The van der Waals surface area contributed by atoms with Crippen molar-refractivity contribution in [3.63, 3.8) is 0 Å². The first-order valence-electron chi connectivity index (χ1n) is 8.28. The minimum absolute atomic E-state index is 0.0159. The molecule has 1 unspecified atom stereocenters. The van der Waals surface area contributed by atoms with Crippen LogP contribution in [0, 0.1) is 0 Å². The molecular weight excluding hydrogens is 367 g/mol. The number of ether oxygens (including phenoxy) is 2. The van der Waals surface area contributed by atoms with Crippen molar-refractivity contribution in [1.82, 2.24) is 9.55 Å². The van der Waals surface area contributed by atoms with Crippen LogP contribution in [0.3, 0.4) is 0 Å². The second-order valence-corrected chi connectivity index (χ2v) is 13.2. The molecule has 3 heterocycles. The quantitative estimate of drug-likeness (QED) is 0.586. The van der Waals surface area contributed by atoms with Crippen LogP contribution in [0.1, 0.15) is 27.0 Å². The Morgan fingerprint density at radius 3 is 2.80 bits per heavy atom. The summed E-state index contributed by atoms with van der Waals surface area (Å²) in [4.78, 5) is 15.3. The highest BCUT2D eigenvalue weighted by molar-refractivity contribution is 6.74. The molecule has 1 aromatic heterocycles. The predicted molar refractivity (Wildman–Crippen MR) is 94.5 cm³/mol. The van der Waals surface area contributed by atoms with Gasteiger partial charge in [0.15, 0.2) is 20.7 Å². The molecule has 4 atom stereocenters. The van der Waals surface area contributed by atoms with Crippen molar-refractivity contribution >= 4 is 19.9 Å². The van der Waals surface area contributed by atoms with E-state index in [1.54, 1.807) is 0 Å². The summed E-state index contributed by atoms with van der Waals surface area (Å²) >= 11 is 6.19. The third-order valence-electron chi connectivity index (χ3n) is 5.41. The number of fused-ring (bicyclic) bond motifs is 4. The summed E-state index contributed by atoms with van der Waals surface area (Å²) < 4.78 is 34.8. The van der Waals surface area contributed by atoms with E-state index in [-0.39, 0.29) is 23.5 Å². The van der Waals surface area contributed by atoms with Crippen molar-refractivity contribution in [2.24, 2.45) is 0 Å². The summed E-state index contributed by atoms with van der Waals surface area (Å²) in [7, 11) is -2.26. The Balaban J connectivity index is 2.00. The van der Waals surface area contributed by atoms with E-state index in [1.807, 2.05) is 0 Å². The first kappa shape index (κ1) is 18.8. The van der Waals surface area contributed by atoms with Crippen LogP contribution < -0.4 is 10.3 Å². The van der Waals surface area contributed by atoms with Crippen molar-refractivity contribution in [3.8, 4) is 6.01 Å². The zero-order chi connectivity index (χ0) is 18.6. The van der Waals surface area contributed by atoms with Gasteiger partial charge >= 0.3 is 6.01 Å². The van der Waals surface area contributed by atoms with Gasteiger partial charge in [-0.3, -0.25) is 9.36 Å². The maximum atomic E-state index is 15.4. The number of alkyl halides is 2. The molecule has 140 valence electrons. The van der Waals surface area contributed by atoms with Crippen LogP contribution in [0.5, 0.6) is 6.01 Å². The Morgan fingerprint density at radius 1 is 1.52 bits per heavy atom. The molecule has 0 aromatic carbocycles. The average Bonchev–Trinajstić information content (AvgIpc) is 2.68. The van der Waals surface area contributed by atoms with Crippen LogP contribution in [-0.4, -0.2) is 48.2 Å². The van der Waals surface area contributed by atoms with Gasteiger partial charge in [-0.25, -0.2) is 4.39 Å². The SMILES string of the molecule is CC(C)(C)[Si](C)(C)OC1[C@H](F)[C@H]2O[C@]1(CCl)COc1nc(=O)ccn12. The van der Waals surface area contributed by atoms with E-state index in [4.69, 9.17) is 25.5 Å². The molecule has 2 aliphatic rings. The zero-order valence-corrected chi connectivity index (χ0v) is 16.8. The van der Waals surface area contributed by atoms with Crippen molar-refractivity contribution in [2.45, 2.75) is 63.0 Å². The number of nitrogens with zero attached hydrogens (tertiary/aromatic N) is 2. The maximum Gasteiger partial charge on any atom is 0.302 e. The minimum Gasteiger partial charge on any atom is -0.461 e. The van der Waals surface area contributed by atoms with Crippen LogP contribution in [0.15, 0.2) is 17.1 Å². The largest absolute Gasteiger partial charge is 0.461 e. The monoisotopic (exact) mass is 390 g/mol. The summed E-state index contributed by atoms with van der Waals surface area (Å²) in [5.41, 5.74) is -1.58. The molecule has 0 N–H and O–H groups in total. The Labute approximate surface area is 152 Å². The number of hydrogen-bond acceptors (Lipinski definition) is 5. The van der Waals surface area contributed by atoms with Gasteiger partial charge in [0.2, 0.25) is 0 Å². The van der Waals surface area contributed by atoms with E-state index < -0.39 is 38.0 Å². The lowest BCUT2D eigenvalue weighted by molar-refractivity contribution is -0.0905. The molecule has 1 saturated heterocycles. The van der Waals surface area contributed by atoms with Gasteiger partial charge in [-0.05, 0) is 18.1 Å². The summed E-state index contributed by atoms with van der Waals surface area (Å²) in [6.45, 7) is 10.4. The number of aromatic nitrogens is 2. The highest BCUT2D eigenvalue weighted by atomic mass is 35.5. The van der Waals surface area contributed by atoms with Crippen LogP contribution in [0.4, 0.5) is 4.39 Å². The summed E-state index contributed by atoms with van der Waals surface area (Å²) in [6.07, 6.45) is -1.84. The molecule has 0 aliphatic carbocycles. The lowest BCUT2D eigenvalue weighted by Gasteiger charge is -2.42. The van der Waals surface area contributed by atoms with Crippen LogP contribution in [0.25, 0.3) is 0 Å². The topological polar surface area (TPSA) is 62.6 Å². The van der Waals surface area contributed by atoms with Gasteiger partial charge < -0.3 is 13.9 Å². The second kappa shape index (κ2) is 6.04. The predicted octanol–water partition coefficient (Wildman–Crippen LogP) is 2.87. The molecule has 0 radical (unpaired) electrons. The lowest BCUT2D eigenvalue weighted by atomic mass is 9.98. The van der Waals surface area contributed by atoms with Gasteiger partial charge in [0.1, 0.15) is 18.3 Å². The van der Waals surface area contributed by atoms with Crippen molar-refractivity contribution in [2.75, 3.05) is 12.5 Å². The fourth-order valence-corrected chi connectivity index (χ4v) is 4.46. The minimum atomic E-state index is -2.26. The smallest absolute Gasteiger partial charge is 0.302 e. The first-order chi connectivity index (χ1) is 11.5. The molecule has 1 aromatic rings. The zero-order valence-electron chi connectivity index (χ0n) is 15.1. The first-order valence-corrected chi connectivity index (χ1v) is 11.7. The normalized spacial score (nSPS) is 32.0. The molecular formula is C16H24ClFN2O4Si. The van der Waals surface area contributed by atoms with E-state index in [0.29, 0.717) is 0 Å². The van der Waals surface area contributed by atoms with Gasteiger partial charge in [-0.15, -0.1) is 11.6 Å². The van der Waals surface area contributed by atoms with Gasteiger partial charge in [-0.1, -0.05) is 20.8 Å². The number of hydrogen-bond donors (Lipinski definition) is 0. The molecule has 0 spiro atoms. The molecule has 3 rings (SSSR count). The van der Waals surface area contributed by atoms with Gasteiger partial charge in [0.05, 0.1) is 5.88 Å². The lowest BCUT2D eigenvalue weighted by Crippen LogP contribution is -2.56. The van der Waals surface area contributed by atoms with Crippen molar-refractivity contribution < 1.29 is 18.3 Å². The Morgan fingerprint density at radius 2 is 2.20 bits per heavy atom. The van der Waals surface area contributed by atoms with Gasteiger partial charge in [0.25, 0.3) is 5.56 Å². The fraction of sp³-hybridized carbons (Fsp3) is 0.750. The third kappa shape index (κ3) is 3.03. The molecule has 2 aliphatic heterocycles. The second-order valence-electron chi connectivity index (χ2n) is 8.19. The number of halogens is 2. The molecule has 2 bridgehead atoms. The van der Waals surface area contributed by atoms with E-state index >= 15 is 4.39 Å². The van der Waals surface area contributed by atoms with Crippen molar-refractivity contribution in [3.05, 3.63) is 22.6 Å². The highest BCUT2D eigenvalue weighted by Crippen LogP contribution is 2.48. The molecule has 0 saturated carbocycles. The average molecular weight is 391 g/mol. The highest BCUT2D eigenvalue weighted by Gasteiger charge is 2.61. The van der Waals surface area contributed by atoms with E-state index in [2.05, 4.69) is 38.8 Å². The van der Waals surface area contributed by atoms with Crippen molar-refractivity contribution in [1.29, 1.82) is 0 Å². The van der Waals surface area contributed by atoms with E-state index in [0.717, 1.165) is 0 Å². The van der Waals surface area contributed by atoms with Crippen LogP contribution in [0.2, 0.25) is 18.1 Å².